The number of quaternary nitrogens is 1. The monoisotopic (exact) mass is 440 g/mol. The Labute approximate surface area is 187 Å². The molecule has 4 rings (SSSR count). The molecule has 1 aliphatic heterocycles. The van der Waals surface area contributed by atoms with Gasteiger partial charge in [-0.25, -0.2) is 4.79 Å². The van der Waals surface area contributed by atoms with Gasteiger partial charge in [0.25, 0.3) is 0 Å². The van der Waals surface area contributed by atoms with Gasteiger partial charge in [-0.2, -0.15) is 0 Å². The van der Waals surface area contributed by atoms with E-state index in [0.29, 0.717) is 29.6 Å². The Balaban J connectivity index is 1.67. The summed E-state index contributed by atoms with van der Waals surface area (Å²) in [5.41, 5.74) is 4.43. The predicted molar refractivity (Wildman–Crippen MR) is 121 cm³/mol. The Hall–Kier alpha value is -3.19. The first-order valence-corrected chi connectivity index (χ1v) is 10.8. The van der Waals surface area contributed by atoms with E-state index in [2.05, 4.69) is 13.0 Å². The van der Waals surface area contributed by atoms with E-state index in [-0.39, 0.29) is 5.63 Å². The van der Waals surface area contributed by atoms with Crippen LogP contribution in [0.5, 0.6) is 23.0 Å². The molecule has 0 saturated heterocycles. The van der Waals surface area contributed by atoms with Crippen LogP contribution >= 0.6 is 0 Å². The van der Waals surface area contributed by atoms with Crippen LogP contribution in [-0.2, 0) is 19.5 Å². The van der Waals surface area contributed by atoms with Gasteiger partial charge in [0.2, 0.25) is 12.5 Å². The van der Waals surface area contributed by atoms with Gasteiger partial charge in [0.05, 0.1) is 21.3 Å². The van der Waals surface area contributed by atoms with E-state index >= 15 is 0 Å². The topological polar surface area (TPSA) is 71.6 Å². The van der Waals surface area contributed by atoms with Crippen molar-refractivity contribution in [1.29, 1.82) is 0 Å². The highest BCUT2D eigenvalue weighted by Crippen LogP contribution is 2.38. The summed E-state index contributed by atoms with van der Waals surface area (Å²) in [6.45, 7) is 6.11. The van der Waals surface area contributed by atoms with Crippen molar-refractivity contribution in [2.45, 2.75) is 39.8 Å². The first-order valence-electron chi connectivity index (χ1n) is 10.8. The largest absolute Gasteiger partial charge is 0.493 e. The van der Waals surface area contributed by atoms with Gasteiger partial charge >= 0.3 is 5.63 Å². The minimum Gasteiger partial charge on any atom is -0.493 e. The molecule has 0 bridgehead atoms. The molecule has 2 heterocycles. The van der Waals surface area contributed by atoms with Gasteiger partial charge in [-0.1, -0.05) is 13.3 Å². The molecule has 0 radical (unpaired) electrons. The summed E-state index contributed by atoms with van der Waals surface area (Å²) in [5, 5.41) is 1.00. The SMILES string of the molecule is CCCc1cc(=O)oc2c(C)c3c(cc12)C[NH+](Cc1cc(OC)c(OC)c(OC)c1)CO3. The fraction of sp³-hybridized carbons (Fsp3) is 0.400. The molecule has 1 unspecified atom stereocenters. The average molecular weight is 441 g/mol. The highest BCUT2D eigenvalue weighted by molar-refractivity contribution is 5.86. The molecule has 3 aromatic rings. The number of nitrogens with one attached hydrogen (secondary N) is 1. The molecule has 7 nitrogen and oxygen atoms in total. The second-order valence-electron chi connectivity index (χ2n) is 8.13. The summed E-state index contributed by atoms with van der Waals surface area (Å²) in [7, 11) is 4.84. The van der Waals surface area contributed by atoms with Gasteiger partial charge in [-0.15, -0.1) is 0 Å². The second-order valence-corrected chi connectivity index (χ2v) is 8.13. The lowest BCUT2D eigenvalue weighted by atomic mass is 9.98. The number of hydrogen-bond donors (Lipinski definition) is 1. The van der Waals surface area contributed by atoms with E-state index in [1.807, 2.05) is 19.1 Å². The van der Waals surface area contributed by atoms with E-state index < -0.39 is 0 Å². The molecule has 7 heteroatoms. The lowest BCUT2D eigenvalue weighted by molar-refractivity contribution is -0.945. The third-order valence-electron chi connectivity index (χ3n) is 5.94. The maximum Gasteiger partial charge on any atom is 0.336 e. The molecule has 1 aromatic heterocycles. The highest BCUT2D eigenvalue weighted by Gasteiger charge is 2.26. The Bertz CT molecular complexity index is 1170. The number of fused-ring (bicyclic) bond motifs is 2. The van der Waals surface area contributed by atoms with Crippen molar-refractivity contribution >= 4 is 11.0 Å². The molecule has 0 aliphatic carbocycles. The second kappa shape index (κ2) is 9.12. The number of benzene rings is 2. The molecule has 2 aromatic carbocycles. The Morgan fingerprint density at radius 2 is 1.75 bits per heavy atom. The number of methoxy groups -OCH3 is 3. The minimum absolute atomic E-state index is 0.311. The first-order chi connectivity index (χ1) is 15.5. The molecule has 1 N–H and O–H groups in total. The Morgan fingerprint density at radius 3 is 2.38 bits per heavy atom. The first kappa shape index (κ1) is 22.0. The zero-order valence-corrected chi connectivity index (χ0v) is 19.3. The van der Waals surface area contributed by atoms with Crippen LogP contribution in [0.4, 0.5) is 0 Å². The molecule has 32 heavy (non-hydrogen) atoms. The quantitative estimate of drug-likeness (QED) is 0.570. The maximum absolute atomic E-state index is 12.1. The van der Waals surface area contributed by atoms with E-state index in [1.165, 1.54) is 4.90 Å². The zero-order valence-electron chi connectivity index (χ0n) is 19.3. The lowest BCUT2D eigenvalue weighted by Crippen LogP contribution is -3.10. The van der Waals surface area contributed by atoms with Crippen LogP contribution in [0.3, 0.4) is 0 Å². The summed E-state index contributed by atoms with van der Waals surface area (Å²) in [6.07, 6.45) is 1.80. The molecule has 0 fully saturated rings. The average Bonchev–Trinajstić information content (AvgIpc) is 2.79. The molecule has 0 saturated carbocycles. The molecule has 0 amide bonds. The number of ether oxygens (including phenoxy) is 4. The maximum atomic E-state index is 12.1. The fourth-order valence-corrected chi connectivity index (χ4v) is 4.51. The third kappa shape index (κ3) is 4.00. The van der Waals surface area contributed by atoms with Gasteiger partial charge in [0.15, 0.2) is 11.5 Å². The van der Waals surface area contributed by atoms with Crippen LogP contribution in [0, 0.1) is 6.92 Å². The van der Waals surface area contributed by atoms with Gasteiger partial charge in [-0.3, -0.25) is 4.90 Å². The summed E-state index contributed by atoms with van der Waals surface area (Å²) >= 11 is 0. The standard InChI is InChI=1S/C25H29NO6/c1-6-7-17-11-22(27)32-24-15(2)23-18(10-19(17)24)13-26(14-31-23)12-16-8-20(28-3)25(30-5)21(9-16)29-4/h8-11H,6-7,12-14H2,1-5H3/p+1. The van der Waals surface area contributed by atoms with E-state index in [9.17, 15) is 4.79 Å². The van der Waals surface area contributed by atoms with Crippen molar-refractivity contribution < 1.29 is 28.3 Å². The summed E-state index contributed by atoms with van der Waals surface area (Å²) in [5.74, 6) is 2.69. The zero-order chi connectivity index (χ0) is 22.8. The summed E-state index contributed by atoms with van der Waals surface area (Å²) < 4.78 is 28.1. The normalized spacial score (nSPS) is 15.2. The Morgan fingerprint density at radius 1 is 1.03 bits per heavy atom. The molecule has 1 aliphatic rings. The van der Waals surface area contributed by atoms with Crippen LogP contribution in [0.15, 0.2) is 33.5 Å². The Kier molecular flexibility index (Phi) is 6.28. The van der Waals surface area contributed by atoms with Crippen LogP contribution in [0.25, 0.3) is 11.0 Å². The van der Waals surface area contributed by atoms with Crippen molar-refractivity contribution in [1.82, 2.24) is 0 Å². The van der Waals surface area contributed by atoms with Crippen molar-refractivity contribution in [3.05, 3.63) is 56.9 Å². The summed E-state index contributed by atoms with van der Waals surface area (Å²) in [4.78, 5) is 13.3. The van der Waals surface area contributed by atoms with Crippen molar-refractivity contribution in [3.8, 4) is 23.0 Å². The molecule has 1 atom stereocenters. The minimum atomic E-state index is -0.311. The van der Waals surface area contributed by atoms with E-state index in [1.54, 1.807) is 27.4 Å². The smallest absolute Gasteiger partial charge is 0.336 e. The highest BCUT2D eigenvalue weighted by atomic mass is 16.5. The lowest BCUT2D eigenvalue weighted by Gasteiger charge is -2.28. The van der Waals surface area contributed by atoms with Crippen molar-refractivity contribution in [2.75, 3.05) is 28.1 Å². The van der Waals surface area contributed by atoms with Gasteiger partial charge in [0, 0.05) is 28.1 Å². The van der Waals surface area contributed by atoms with Crippen LogP contribution in [0.2, 0.25) is 0 Å². The summed E-state index contributed by atoms with van der Waals surface area (Å²) in [6, 6.07) is 7.69. The molecule has 170 valence electrons. The van der Waals surface area contributed by atoms with Gasteiger partial charge < -0.3 is 23.4 Å². The predicted octanol–water partition coefficient (Wildman–Crippen LogP) is 3.01. The molecular weight excluding hydrogens is 410 g/mol. The van der Waals surface area contributed by atoms with E-state index in [0.717, 1.165) is 59.3 Å². The molecule has 0 spiro atoms. The molecular formula is C25H30NO6+. The van der Waals surface area contributed by atoms with Crippen LogP contribution in [0.1, 0.15) is 35.6 Å². The number of aryl methyl sites for hydroxylation is 2. The fourth-order valence-electron chi connectivity index (χ4n) is 4.51. The van der Waals surface area contributed by atoms with Crippen LogP contribution < -0.4 is 29.5 Å². The van der Waals surface area contributed by atoms with Gasteiger partial charge in [-0.05, 0) is 37.1 Å². The van der Waals surface area contributed by atoms with Crippen molar-refractivity contribution in [2.24, 2.45) is 0 Å². The van der Waals surface area contributed by atoms with Crippen molar-refractivity contribution in [3.63, 3.8) is 0 Å². The van der Waals surface area contributed by atoms with E-state index in [4.69, 9.17) is 23.4 Å². The van der Waals surface area contributed by atoms with Gasteiger partial charge in [0.1, 0.15) is 24.4 Å². The number of hydrogen-bond acceptors (Lipinski definition) is 6. The number of rotatable bonds is 7. The van der Waals surface area contributed by atoms with Crippen LogP contribution in [-0.4, -0.2) is 28.1 Å². The third-order valence-corrected chi connectivity index (χ3v) is 5.94.